The molecule has 0 radical (unpaired) electrons. The van der Waals surface area contributed by atoms with Crippen LogP contribution in [0.25, 0.3) is 0 Å². The van der Waals surface area contributed by atoms with Crippen LogP contribution in [0.3, 0.4) is 0 Å². The molecule has 0 amide bonds. The second-order valence-corrected chi connectivity index (χ2v) is 4.13. The van der Waals surface area contributed by atoms with Gasteiger partial charge in [0.1, 0.15) is 0 Å². The third kappa shape index (κ3) is 1.25. The Morgan fingerprint density at radius 2 is 2.50 bits per heavy atom. The SMILES string of the molecule is CC(=N)N1CCc2sccc2C1. The van der Waals surface area contributed by atoms with E-state index in [4.69, 9.17) is 5.41 Å². The number of hydrogen-bond acceptors (Lipinski definition) is 2. The lowest BCUT2D eigenvalue weighted by molar-refractivity contribution is 0.392. The molecule has 2 heterocycles. The van der Waals surface area contributed by atoms with Crippen molar-refractivity contribution < 1.29 is 0 Å². The highest BCUT2D eigenvalue weighted by atomic mass is 32.1. The molecule has 1 aromatic rings. The summed E-state index contributed by atoms with van der Waals surface area (Å²) in [5.74, 6) is 0.687. The molecule has 1 N–H and O–H groups in total. The van der Waals surface area contributed by atoms with Crippen LogP contribution >= 0.6 is 11.3 Å². The van der Waals surface area contributed by atoms with E-state index in [9.17, 15) is 0 Å². The summed E-state index contributed by atoms with van der Waals surface area (Å²) in [7, 11) is 0. The number of amidine groups is 1. The van der Waals surface area contributed by atoms with E-state index in [0.717, 1.165) is 19.5 Å². The monoisotopic (exact) mass is 180 g/mol. The average molecular weight is 180 g/mol. The van der Waals surface area contributed by atoms with Crippen LogP contribution in [-0.2, 0) is 13.0 Å². The summed E-state index contributed by atoms with van der Waals surface area (Å²) in [5, 5.41) is 9.66. The summed E-state index contributed by atoms with van der Waals surface area (Å²) < 4.78 is 0. The Hall–Kier alpha value is -0.830. The molecular formula is C9H12N2S. The van der Waals surface area contributed by atoms with E-state index in [1.807, 2.05) is 18.3 Å². The fraction of sp³-hybridized carbons (Fsp3) is 0.444. The summed E-state index contributed by atoms with van der Waals surface area (Å²) in [4.78, 5) is 3.63. The number of fused-ring (bicyclic) bond motifs is 1. The van der Waals surface area contributed by atoms with Gasteiger partial charge in [0, 0.05) is 18.0 Å². The first-order valence-electron chi connectivity index (χ1n) is 4.13. The van der Waals surface area contributed by atoms with Gasteiger partial charge in [-0.15, -0.1) is 11.3 Å². The predicted octanol–water partition coefficient (Wildman–Crippen LogP) is 2.10. The number of thiophene rings is 1. The minimum atomic E-state index is 0.687. The molecule has 0 saturated carbocycles. The number of nitrogens with zero attached hydrogens (tertiary/aromatic N) is 1. The Balaban J connectivity index is 2.20. The number of hydrogen-bond donors (Lipinski definition) is 1. The molecule has 0 aliphatic carbocycles. The quantitative estimate of drug-likeness (QED) is 0.480. The summed E-state index contributed by atoms with van der Waals surface area (Å²) in [5.41, 5.74) is 1.41. The normalized spacial score (nSPS) is 15.9. The van der Waals surface area contributed by atoms with E-state index in [1.165, 1.54) is 10.4 Å². The molecule has 1 aliphatic heterocycles. The van der Waals surface area contributed by atoms with E-state index >= 15 is 0 Å². The maximum atomic E-state index is 7.51. The Morgan fingerprint density at radius 1 is 1.67 bits per heavy atom. The van der Waals surface area contributed by atoms with Crippen molar-refractivity contribution in [2.24, 2.45) is 0 Å². The van der Waals surface area contributed by atoms with Gasteiger partial charge in [0.25, 0.3) is 0 Å². The second-order valence-electron chi connectivity index (χ2n) is 3.13. The van der Waals surface area contributed by atoms with E-state index in [-0.39, 0.29) is 0 Å². The molecule has 0 aromatic carbocycles. The molecule has 1 aliphatic rings. The van der Waals surface area contributed by atoms with Gasteiger partial charge in [-0.25, -0.2) is 0 Å². The van der Waals surface area contributed by atoms with Gasteiger partial charge in [-0.2, -0.15) is 0 Å². The van der Waals surface area contributed by atoms with Gasteiger partial charge in [0.2, 0.25) is 0 Å². The topological polar surface area (TPSA) is 27.1 Å². The third-order valence-electron chi connectivity index (χ3n) is 2.28. The van der Waals surface area contributed by atoms with Crippen molar-refractivity contribution in [1.29, 1.82) is 5.41 Å². The number of rotatable bonds is 0. The van der Waals surface area contributed by atoms with Crippen LogP contribution in [0.15, 0.2) is 11.4 Å². The Kier molecular flexibility index (Phi) is 1.89. The van der Waals surface area contributed by atoms with Crippen LogP contribution in [0.5, 0.6) is 0 Å². The molecule has 1 aromatic heterocycles. The van der Waals surface area contributed by atoms with E-state index in [2.05, 4.69) is 16.3 Å². The van der Waals surface area contributed by atoms with Crippen LogP contribution in [0.4, 0.5) is 0 Å². The minimum Gasteiger partial charge on any atom is -0.356 e. The summed E-state index contributed by atoms with van der Waals surface area (Å²) in [6.07, 6.45) is 1.11. The second kappa shape index (κ2) is 2.90. The van der Waals surface area contributed by atoms with Gasteiger partial charge >= 0.3 is 0 Å². The van der Waals surface area contributed by atoms with Crippen molar-refractivity contribution in [3.05, 3.63) is 21.9 Å². The molecule has 0 saturated heterocycles. The Morgan fingerprint density at radius 3 is 3.25 bits per heavy atom. The van der Waals surface area contributed by atoms with Gasteiger partial charge < -0.3 is 4.90 Å². The molecule has 0 unspecified atom stereocenters. The van der Waals surface area contributed by atoms with Crippen LogP contribution in [-0.4, -0.2) is 17.3 Å². The van der Waals surface area contributed by atoms with Crippen LogP contribution < -0.4 is 0 Å². The zero-order chi connectivity index (χ0) is 8.55. The molecule has 2 nitrogen and oxygen atoms in total. The maximum Gasteiger partial charge on any atom is 0.0928 e. The predicted molar refractivity (Wildman–Crippen MR) is 51.8 cm³/mol. The third-order valence-corrected chi connectivity index (χ3v) is 3.31. The minimum absolute atomic E-state index is 0.687. The van der Waals surface area contributed by atoms with Crippen molar-refractivity contribution >= 4 is 17.2 Å². The van der Waals surface area contributed by atoms with Crippen molar-refractivity contribution in [2.45, 2.75) is 19.9 Å². The Bertz CT molecular complexity index is 303. The van der Waals surface area contributed by atoms with Gasteiger partial charge in [-0.05, 0) is 30.4 Å². The first-order valence-corrected chi connectivity index (χ1v) is 5.00. The standard InChI is InChI=1S/C9H12N2S/c1-7(10)11-4-2-9-8(6-11)3-5-12-9/h3,5,10H,2,4,6H2,1H3. The largest absolute Gasteiger partial charge is 0.356 e. The zero-order valence-corrected chi connectivity index (χ0v) is 7.95. The first kappa shape index (κ1) is 7.80. The van der Waals surface area contributed by atoms with Gasteiger partial charge in [0.05, 0.1) is 5.84 Å². The lowest BCUT2D eigenvalue weighted by Crippen LogP contribution is -2.33. The molecule has 64 valence electrons. The van der Waals surface area contributed by atoms with Crippen molar-refractivity contribution in [3.8, 4) is 0 Å². The average Bonchev–Trinajstić information content (AvgIpc) is 2.49. The van der Waals surface area contributed by atoms with Crippen molar-refractivity contribution in [3.63, 3.8) is 0 Å². The highest BCUT2D eigenvalue weighted by Gasteiger charge is 2.16. The molecule has 3 heteroatoms. The fourth-order valence-corrected chi connectivity index (χ4v) is 2.42. The first-order chi connectivity index (χ1) is 5.77. The summed E-state index contributed by atoms with van der Waals surface area (Å²) in [6, 6.07) is 2.18. The molecule has 0 atom stereocenters. The van der Waals surface area contributed by atoms with Gasteiger partial charge in [-0.3, -0.25) is 5.41 Å². The fourth-order valence-electron chi connectivity index (χ4n) is 1.53. The van der Waals surface area contributed by atoms with E-state index in [1.54, 1.807) is 0 Å². The molecule has 12 heavy (non-hydrogen) atoms. The summed E-state index contributed by atoms with van der Waals surface area (Å²) in [6.45, 7) is 3.81. The Labute approximate surface area is 76.3 Å². The van der Waals surface area contributed by atoms with Gasteiger partial charge in [0.15, 0.2) is 0 Å². The maximum absolute atomic E-state index is 7.51. The molecular weight excluding hydrogens is 168 g/mol. The van der Waals surface area contributed by atoms with Gasteiger partial charge in [-0.1, -0.05) is 0 Å². The lowest BCUT2D eigenvalue weighted by Gasteiger charge is -2.27. The van der Waals surface area contributed by atoms with E-state index < -0.39 is 0 Å². The lowest BCUT2D eigenvalue weighted by atomic mass is 10.1. The highest BCUT2D eigenvalue weighted by Crippen LogP contribution is 2.23. The molecule has 2 rings (SSSR count). The molecule has 0 fully saturated rings. The van der Waals surface area contributed by atoms with Crippen molar-refractivity contribution in [1.82, 2.24) is 4.90 Å². The van der Waals surface area contributed by atoms with Crippen LogP contribution in [0.2, 0.25) is 0 Å². The van der Waals surface area contributed by atoms with Crippen molar-refractivity contribution in [2.75, 3.05) is 6.54 Å². The van der Waals surface area contributed by atoms with Crippen LogP contribution in [0.1, 0.15) is 17.4 Å². The zero-order valence-electron chi connectivity index (χ0n) is 7.13. The smallest absolute Gasteiger partial charge is 0.0928 e. The van der Waals surface area contributed by atoms with Crippen LogP contribution in [0, 0.1) is 5.41 Å². The molecule has 0 spiro atoms. The molecule has 0 bridgehead atoms. The highest BCUT2D eigenvalue weighted by molar-refractivity contribution is 7.10. The van der Waals surface area contributed by atoms with E-state index in [0.29, 0.717) is 5.84 Å². The number of nitrogens with one attached hydrogen (secondary N) is 1. The summed E-state index contributed by atoms with van der Waals surface area (Å²) >= 11 is 1.84.